The molecule has 0 aliphatic heterocycles. The summed E-state index contributed by atoms with van der Waals surface area (Å²) >= 11 is 0. The molecule has 0 aliphatic carbocycles. The van der Waals surface area contributed by atoms with Gasteiger partial charge in [-0.1, -0.05) is 11.8 Å². The van der Waals surface area contributed by atoms with E-state index in [1.165, 1.54) is 0 Å². The standard InChI is InChI=1S/C13H12O4/c1-2-17-12-7-6-10(8-11(12)9-14)4-3-5-13(15)16/h6-9H,2,5H2,1H3,(H,15,16). The maximum atomic E-state index is 10.8. The summed E-state index contributed by atoms with van der Waals surface area (Å²) in [6, 6.07) is 4.91. The van der Waals surface area contributed by atoms with Crippen molar-refractivity contribution in [2.45, 2.75) is 13.3 Å². The highest BCUT2D eigenvalue weighted by Crippen LogP contribution is 2.17. The molecule has 0 saturated heterocycles. The Morgan fingerprint density at radius 2 is 2.29 bits per heavy atom. The van der Waals surface area contributed by atoms with E-state index in [1.54, 1.807) is 18.2 Å². The van der Waals surface area contributed by atoms with Gasteiger partial charge in [-0.05, 0) is 25.1 Å². The van der Waals surface area contributed by atoms with Crippen molar-refractivity contribution >= 4 is 12.3 Å². The Morgan fingerprint density at radius 3 is 2.88 bits per heavy atom. The average Bonchev–Trinajstić information content (AvgIpc) is 2.30. The number of carboxylic acids is 1. The maximum absolute atomic E-state index is 10.8. The van der Waals surface area contributed by atoms with Crippen LogP contribution in [0.1, 0.15) is 29.3 Å². The number of hydrogen-bond donors (Lipinski definition) is 1. The van der Waals surface area contributed by atoms with Gasteiger partial charge in [-0.25, -0.2) is 0 Å². The summed E-state index contributed by atoms with van der Waals surface area (Å²) in [4.78, 5) is 21.1. The molecular weight excluding hydrogens is 220 g/mol. The number of benzene rings is 1. The third-order valence-corrected chi connectivity index (χ3v) is 1.91. The van der Waals surface area contributed by atoms with Crippen LogP contribution in [0, 0.1) is 11.8 Å². The second-order valence-corrected chi connectivity index (χ2v) is 3.18. The number of aldehydes is 1. The zero-order valence-corrected chi connectivity index (χ0v) is 9.40. The van der Waals surface area contributed by atoms with E-state index in [4.69, 9.17) is 9.84 Å². The minimum Gasteiger partial charge on any atom is -0.493 e. The Kier molecular flexibility index (Phi) is 4.77. The van der Waals surface area contributed by atoms with Crippen LogP contribution in [0.3, 0.4) is 0 Å². The van der Waals surface area contributed by atoms with Crippen LogP contribution >= 0.6 is 0 Å². The van der Waals surface area contributed by atoms with Gasteiger partial charge in [0.25, 0.3) is 0 Å². The molecule has 0 bridgehead atoms. The van der Waals surface area contributed by atoms with Crippen LogP contribution in [0.5, 0.6) is 5.75 Å². The third kappa shape index (κ3) is 3.99. The lowest BCUT2D eigenvalue weighted by Gasteiger charge is -2.05. The molecule has 0 aromatic heterocycles. The van der Waals surface area contributed by atoms with Crippen molar-refractivity contribution in [2.24, 2.45) is 0 Å². The average molecular weight is 232 g/mol. The molecule has 17 heavy (non-hydrogen) atoms. The lowest BCUT2D eigenvalue weighted by atomic mass is 10.1. The summed E-state index contributed by atoms with van der Waals surface area (Å²) in [6.45, 7) is 2.31. The number of ether oxygens (including phenoxy) is 1. The van der Waals surface area contributed by atoms with E-state index in [-0.39, 0.29) is 6.42 Å². The number of rotatable bonds is 4. The van der Waals surface area contributed by atoms with Crippen LogP contribution < -0.4 is 4.74 Å². The SMILES string of the molecule is CCOc1ccc(C#CCC(=O)O)cc1C=O. The quantitative estimate of drug-likeness (QED) is 0.634. The molecule has 4 heteroatoms. The van der Waals surface area contributed by atoms with Crippen LogP contribution in [-0.4, -0.2) is 24.0 Å². The van der Waals surface area contributed by atoms with Gasteiger partial charge in [-0.15, -0.1) is 0 Å². The van der Waals surface area contributed by atoms with E-state index in [2.05, 4.69) is 11.8 Å². The molecular formula is C13H12O4. The largest absolute Gasteiger partial charge is 0.493 e. The van der Waals surface area contributed by atoms with E-state index in [1.807, 2.05) is 6.92 Å². The molecule has 0 fully saturated rings. The molecule has 0 radical (unpaired) electrons. The molecule has 0 atom stereocenters. The first kappa shape index (κ1) is 12.8. The van der Waals surface area contributed by atoms with E-state index < -0.39 is 5.97 Å². The van der Waals surface area contributed by atoms with Gasteiger partial charge in [0.2, 0.25) is 0 Å². The van der Waals surface area contributed by atoms with Gasteiger partial charge in [0.15, 0.2) is 6.29 Å². The molecule has 0 unspecified atom stereocenters. The minimum absolute atomic E-state index is 0.219. The number of carbonyl (C=O) groups is 2. The molecule has 4 nitrogen and oxygen atoms in total. The van der Waals surface area contributed by atoms with E-state index >= 15 is 0 Å². The second-order valence-electron chi connectivity index (χ2n) is 3.18. The first-order valence-electron chi connectivity index (χ1n) is 5.10. The number of carboxylic acid groups (broad SMARTS) is 1. The number of carbonyl (C=O) groups excluding carboxylic acids is 1. The summed E-state index contributed by atoms with van der Waals surface area (Å²) in [5.41, 5.74) is 1.01. The van der Waals surface area contributed by atoms with Crippen molar-refractivity contribution in [1.29, 1.82) is 0 Å². The Balaban J connectivity index is 2.91. The van der Waals surface area contributed by atoms with Crippen LogP contribution in [0.4, 0.5) is 0 Å². The highest BCUT2D eigenvalue weighted by molar-refractivity contribution is 5.80. The Hall–Kier alpha value is -2.28. The maximum Gasteiger partial charge on any atom is 0.315 e. The molecule has 1 aromatic rings. The summed E-state index contributed by atoms with van der Waals surface area (Å²) in [6.07, 6.45) is 0.469. The van der Waals surface area contributed by atoms with Gasteiger partial charge in [-0.2, -0.15) is 0 Å². The van der Waals surface area contributed by atoms with Gasteiger partial charge in [0.05, 0.1) is 12.2 Å². The summed E-state index contributed by atoms with van der Waals surface area (Å²) in [5, 5.41) is 8.43. The van der Waals surface area contributed by atoms with E-state index in [0.29, 0.717) is 29.8 Å². The summed E-state index contributed by atoms with van der Waals surface area (Å²) in [7, 11) is 0. The van der Waals surface area contributed by atoms with Gasteiger partial charge in [0, 0.05) is 5.56 Å². The van der Waals surface area contributed by atoms with Crippen molar-refractivity contribution < 1.29 is 19.4 Å². The molecule has 0 saturated carbocycles. The van der Waals surface area contributed by atoms with Crippen molar-refractivity contribution in [3.8, 4) is 17.6 Å². The molecule has 1 rings (SSSR count). The van der Waals surface area contributed by atoms with Crippen molar-refractivity contribution in [3.05, 3.63) is 29.3 Å². The van der Waals surface area contributed by atoms with Crippen molar-refractivity contribution in [2.75, 3.05) is 6.61 Å². The fourth-order valence-corrected chi connectivity index (χ4v) is 1.23. The van der Waals surface area contributed by atoms with Gasteiger partial charge >= 0.3 is 5.97 Å². The molecule has 0 aliphatic rings. The molecule has 1 N–H and O–H groups in total. The summed E-state index contributed by atoms with van der Waals surface area (Å²) in [5.74, 6) is 4.71. The normalized spacial score (nSPS) is 9.00. The van der Waals surface area contributed by atoms with Crippen molar-refractivity contribution in [3.63, 3.8) is 0 Å². The van der Waals surface area contributed by atoms with Gasteiger partial charge < -0.3 is 9.84 Å². The lowest BCUT2D eigenvalue weighted by Crippen LogP contribution is -1.96. The van der Waals surface area contributed by atoms with Gasteiger partial charge in [0.1, 0.15) is 12.2 Å². The Morgan fingerprint density at radius 1 is 1.53 bits per heavy atom. The van der Waals surface area contributed by atoms with Crippen molar-refractivity contribution in [1.82, 2.24) is 0 Å². The minimum atomic E-state index is -0.973. The predicted molar refractivity (Wildman–Crippen MR) is 62.1 cm³/mol. The highest BCUT2D eigenvalue weighted by atomic mass is 16.5. The monoisotopic (exact) mass is 232 g/mol. The first-order chi connectivity index (χ1) is 8.17. The fraction of sp³-hybridized carbons (Fsp3) is 0.231. The molecule has 0 amide bonds. The second kappa shape index (κ2) is 6.33. The fourth-order valence-electron chi connectivity index (χ4n) is 1.23. The first-order valence-corrected chi connectivity index (χ1v) is 5.10. The molecule has 88 valence electrons. The van der Waals surface area contributed by atoms with Crippen LogP contribution in [0.2, 0.25) is 0 Å². The van der Waals surface area contributed by atoms with Crippen LogP contribution in [-0.2, 0) is 4.79 Å². The van der Waals surface area contributed by atoms with Gasteiger partial charge in [-0.3, -0.25) is 9.59 Å². The number of hydrogen-bond acceptors (Lipinski definition) is 3. The van der Waals surface area contributed by atoms with Crippen LogP contribution in [0.15, 0.2) is 18.2 Å². The molecule has 0 heterocycles. The zero-order chi connectivity index (χ0) is 12.7. The smallest absolute Gasteiger partial charge is 0.315 e. The number of aliphatic carboxylic acids is 1. The Labute approximate surface area is 99.2 Å². The highest BCUT2D eigenvalue weighted by Gasteiger charge is 2.02. The van der Waals surface area contributed by atoms with E-state index in [0.717, 1.165) is 0 Å². The lowest BCUT2D eigenvalue weighted by molar-refractivity contribution is -0.135. The molecule has 1 aromatic carbocycles. The zero-order valence-electron chi connectivity index (χ0n) is 9.40. The van der Waals surface area contributed by atoms with E-state index in [9.17, 15) is 9.59 Å². The summed E-state index contributed by atoms with van der Waals surface area (Å²) < 4.78 is 5.25. The third-order valence-electron chi connectivity index (χ3n) is 1.91. The molecule has 0 spiro atoms. The van der Waals surface area contributed by atoms with Crippen LogP contribution in [0.25, 0.3) is 0 Å². The topological polar surface area (TPSA) is 63.6 Å². The Bertz CT molecular complexity index is 480. The predicted octanol–water partition coefficient (Wildman–Crippen LogP) is 1.72.